The second kappa shape index (κ2) is 3.81. The van der Waals surface area contributed by atoms with E-state index in [4.69, 9.17) is 5.11 Å². The van der Waals surface area contributed by atoms with Gasteiger partial charge < -0.3 is 10.2 Å². The minimum Gasteiger partial charge on any atom is -0.478 e. The molecule has 17 heavy (non-hydrogen) atoms. The first-order chi connectivity index (χ1) is 7.95. The van der Waals surface area contributed by atoms with Crippen LogP contribution in [-0.4, -0.2) is 27.6 Å². The number of nitrogens with zero attached hydrogens (tertiary/aromatic N) is 2. The zero-order valence-corrected chi connectivity index (χ0v) is 9.09. The number of carboxylic acid groups (broad SMARTS) is 1. The van der Waals surface area contributed by atoms with Crippen molar-refractivity contribution in [2.24, 2.45) is 5.10 Å². The molecular formula is C11H11FN2O3. The van der Waals surface area contributed by atoms with Gasteiger partial charge in [0.1, 0.15) is 5.82 Å². The van der Waals surface area contributed by atoms with Gasteiger partial charge in [-0.3, -0.25) is 0 Å². The van der Waals surface area contributed by atoms with Crippen molar-refractivity contribution in [1.82, 2.24) is 0 Å². The Balaban J connectivity index is 2.50. The van der Waals surface area contributed by atoms with Crippen molar-refractivity contribution in [3.05, 3.63) is 30.1 Å². The Morgan fingerprint density at radius 2 is 2.18 bits per heavy atom. The summed E-state index contributed by atoms with van der Waals surface area (Å²) in [4.78, 5) is 11.1. The maximum atomic E-state index is 13.6. The number of carboxylic acids is 1. The third-order valence-corrected chi connectivity index (χ3v) is 2.55. The lowest BCUT2D eigenvalue weighted by atomic mass is 10.1. The van der Waals surface area contributed by atoms with Crippen LogP contribution in [0.4, 0.5) is 10.1 Å². The van der Waals surface area contributed by atoms with E-state index in [2.05, 4.69) is 5.10 Å². The quantitative estimate of drug-likeness (QED) is 0.811. The molecule has 1 heterocycles. The van der Waals surface area contributed by atoms with E-state index in [1.807, 2.05) is 0 Å². The molecule has 1 aliphatic rings. The van der Waals surface area contributed by atoms with Crippen molar-refractivity contribution in [1.29, 1.82) is 0 Å². The zero-order chi connectivity index (χ0) is 12.6. The normalized spacial score (nSPS) is 23.7. The number of anilines is 1. The summed E-state index contributed by atoms with van der Waals surface area (Å²) in [6, 6.07) is 5.57. The highest BCUT2D eigenvalue weighted by molar-refractivity contribution is 5.96. The minimum atomic E-state index is -2.22. The van der Waals surface area contributed by atoms with Crippen molar-refractivity contribution < 1.29 is 19.4 Å². The molecule has 1 aliphatic heterocycles. The molecule has 2 N–H and O–H groups in total. The van der Waals surface area contributed by atoms with Gasteiger partial charge in [0, 0.05) is 12.1 Å². The first-order valence-corrected chi connectivity index (χ1v) is 5.00. The van der Waals surface area contributed by atoms with Crippen LogP contribution in [0.25, 0.3) is 0 Å². The molecule has 5 nitrogen and oxygen atoms in total. The molecule has 0 fully saturated rings. The van der Waals surface area contributed by atoms with E-state index in [0.29, 0.717) is 5.71 Å². The molecule has 0 aliphatic carbocycles. The standard InChI is InChI=1S/C11H11FN2O3/c1-7-6-11(17,10(15)16)14(13-7)9-5-3-2-4-8(9)12/h2-5,17H,6H2,1H3,(H,15,16). The van der Waals surface area contributed by atoms with Crippen LogP contribution in [0.2, 0.25) is 0 Å². The van der Waals surface area contributed by atoms with Crippen molar-refractivity contribution in [3.63, 3.8) is 0 Å². The van der Waals surface area contributed by atoms with Crippen LogP contribution in [0.5, 0.6) is 0 Å². The van der Waals surface area contributed by atoms with E-state index < -0.39 is 17.5 Å². The predicted octanol–water partition coefficient (Wildman–Crippen LogP) is 1.18. The van der Waals surface area contributed by atoms with Crippen molar-refractivity contribution in [3.8, 4) is 0 Å². The Bertz CT molecular complexity index is 503. The lowest BCUT2D eigenvalue weighted by Crippen LogP contribution is -2.50. The van der Waals surface area contributed by atoms with Gasteiger partial charge in [0.15, 0.2) is 0 Å². The van der Waals surface area contributed by atoms with Gasteiger partial charge in [-0.05, 0) is 19.1 Å². The highest BCUT2D eigenvalue weighted by atomic mass is 19.1. The Morgan fingerprint density at radius 3 is 2.76 bits per heavy atom. The van der Waals surface area contributed by atoms with E-state index in [0.717, 1.165) is 5.01 Å². The molecule has 1 atom stereocenters. The largest absolute Gasteiger partial charge is 0.478 e. The van der Waals surface area contributed by atoms with Crippen molar-refractivity contribution >= 4 is 17.4 Å². The molecule has 0 bridgehead atoms. The summed E-state index contributed by atoms with van der Waals surface area (Å²) in [5.74, 6) is -2.09. The topological polar surface area (TPSA) is 73.1 Å². The van der Waals surface area contributed by atoms with Gasteiger partial charge in [0.05, 0.1) is 5.69 Å². The fourth-order valence-electron chi connectivity index (χ4n) is 1.76. The SMILES string of the molecule is CC1=NN(c2ccccc2F)C(O)(C(=O)O)C1. The molecule has 90 valence electrons. The van der Waals surface area contributed by atoms with E-state index in [1.54, 1.807) is 13.0 Å². The molecule has 1 aromatic rings. The van der Waals surface area contributed by atoms with Gasteiger partial charge in [-0.15, -0.1) is 0 Å². The van der Waals surface area contributed by atoms with Gasteiger partial charge in [0.25, 0.3) is 5.72 Å². The first kappa shape index (κ1) is 11.5. The number of hydrazone groups is 1. The predicted molar refractivity (Wildman–Crippen MR) is 59.2 cm³/mol. The average molecular weight is 238 g/mol. The highest BCUT2D eigenvalue weighted by Crippen LogP contribution is 2.32. The lowest BCUT2D eigenvalue weighted by molar-refractivity contribution is -0.157. The van der Waals surface area contributed by atoms with Gasteiger partial charge in [-0.25, -0.2) is 14.2 Å². The Kier molecular flexibility index (Phi) is 2.59. The Morgan fingerprint density at radius 1 is 1.53 bits per heavy atom. The van der Waals surface area contributed by atoms with Gasteiger partial charge in [0.2, 0.25) is 0 Å². The number of para-hydroxylation sites is 1. The number of hydrogen-bond acceptors (Lipinski definition) is 4. The Hall–Kier alpha value is -1.95. The maximum Gasteiger partial charge on any atom is 0.359 e. The van der Waals surface area contributed by atoms with Crippen LogP contribution >= 0.6 is 0 Å². The smallest absolute Gasteiger partial charge is 0.359 e. The van der Waals surface area contributed by atoms with Crippen molar-refractivity contribution in [2.75, 3.05) is 5.01 Å². The molecule has 0 saturated heterocycles. The molecule has 0 radical (unpaired) electrons. The number of rotatable bonds is 2. The van der Waals surface area contributed by atoms with Crippen LogP contribution in [-0.2, 0) is 4.79 Å². The zero-order valence-electron chi connectivity index (χ0n) is 9.09. The molecule has 2 rings (SSSR count). The summed E-state index contributed by atoms with van der Waals surface area (Å²) in [5, 5.41) is 23.7. The second-order valence-electron chi connectivity index (χ2n) is 3.90. The molecule has 1 unspecified atom stereocenters. The van der Waals surface area contributed by atoms with E-state index in [1.165, 1.54) is 18.2 Å². The van der Waals surface area contributed by atoms with Crippen LogP contribution in [0, 0.1) is 5.82 Å². The number of benzene rings is 1. The Labute approximate surface area is 96.8 Å². The monoisotopic (exact) mass is 238 g/mol. The molecule has 0 saturated carbocycles. The summed E-state index contributed by atoms with van der Waals surface area (Å²) in [5.41, 5.74) is -1.85. The van der Waals surface area contributed by atoms with Crippen LogP contribution in [0.15, 0.2) is 29.4 Å². The molecule has 0 spiro atoms. The second-order valence-corrected chi connectivity index (χ2v) is 3.90. The third-order valence-electron chi connectivity index (χ3n) is 2.55. The summed E-state index contributed by atoms with van der Waals surface area (Å²) < 4.78 is 13.6. The molecular weight excluding hydrogens is 227 g/mol. The minimum absolute atomic E-state index is 0.0609. The van der Waals surface area contributed by atoms with Gasteiger partial charge in [-0.2, -0.15) is 5.10 Å². The molecule has 6 heteroatoms. The average Bonchev–Trinajstić information content (AvgIpc) is 2.56. The van der Waals surface area contributed by atoms with E-state index in [9.17, 15) is 14.3 Å². The summed E-state index contributed by atoms with van der Waals surface area (Å²) in [6.07, 6.45) is -0.156. The van der Waals surface area contributed by atoms with Crippen LogP contribution in [0.3, 0.4) is 0 Å². The van der Waals surface area contributed by atoms with Gasteiger partial charge in [-0.1, -0.05) is 12.1 Å². The summed E-state index contributed by atoms with van der Waals surface area (Å²) >= 11 is 0. The molecule has 0 amide bonds. The van der Waals surface area contributed by atoms with E-state index >= 15 is 0 Å². The molecule has 1 aromatic carbocycles. The van der Waals surface area contributed by atoms with E-state index in [-0.39, 0.29) is 12.1 Å². The number of aliphatic hydroxyl groups is 1. The van der Waals surface area contributed by atoms with Gasteiger partial charge >= 0.3 is 5.97 Å². The lowest BCUT2D eigenvalue weighted by Gasteiger charge is -2.28. The van der Waals surface area contributed by atoms with Crippen LogP contribution in [0.1, 0.15) is 13.3 Å². The maximum absolute atomic E-state index is 13.6. The number of aliphatic carboxylic acids is 1. The first-order valence-electron chi connectivity index (χ1n) is 5.00. The number of halogens is 1. The van der Waals surface area contributed by atoms with Crippen LogP contribution < -0.4 is 5.01 Å². The molecule has 0 aromatic heterocycles. The van der Waals surface area contributed by atoms with Crippen molar-refractivity contribution in [2.45, 2.75) is 19.1 Å². The third kappa shape index (κ3) is 1.76. The fourth-order valence-corrected chi connectivity index (χ4v) is 1.76. The fraction of sp³-hybridized carbons (Fsp3) is 0.273. The number of carbonyl (C=O) groups is 1. The number of hydrogen-bond donors (Lipinski definition) is 2. The summed E-state index contributed by atoms with van der Waals surface area (Å²) in [7, 11) is 0. The highest BCUT2D eigenvalue weighted by Gasteiger charge is 2.48. The summed E-state index contributed by atoms with van der Waals surface area (Å²) in [6.45, 7) is 1.58.